The number of rotatable bonds is 6. The molecule has 1 saturated heterocycles. The van der Waals surface area contributed by atoms with Crippen molar-refractivity contribution in [3.8, 4) is 0 Å². The summed E-state index contributed by atoms with van der Waals surface area (Å²) in [6, 6.07) is 7.57. The van der Waals surface area contributed by atoms with E-state index in [1.807, 2.05) is 0 Å². The van der Waals surface area contributed by atoms with Crippen LogP contribution in [0.25, 0.3) is 0 Å². The number of ether oxygens (including phenoxy) is 1. The predicted molar refractivity (Wildman–Crippen MR) is 165 cm³/mol. The third kappa shape index (κ3) is 6.01. The van der Waals surface area contributed by atoms with E-state index in [-0.39, 0.29) is 40.0 Å². The minimum Gasteiger partial charge on any atom is -0.461 e. The molecule has 0 aromatic heterocycles. The Morgan fingerprint density at radius 1 is 1.16 bits per heavy atom. The van der Waals surface area contributed by atoms with E-state index < -0.39 is 41.2 Å². The number of esters is 1. The summed E-state index contributed by atoms with van der Waals surface area (Å²) < 4.78 is 21.4. The van der Waals surface area contributed by atoms with E-state index in [9.17, 15) is 14.4 Å². The number of nitrogens with two attached hydrogens (primary N) is 1. The minimum absolute atomic E-state index is 0.0829. The molecular formula is C32H39Cl2FN4O4. The molecule has 3 aliphatic rings. The van der Waals surface area contributed by atoms with Gasteiger partial charge in [0.15, 0.2) is 0 Å². The number of carbonyl (C=O) groups excluding carboxylic acids is 3. The maximum Gasteiger partial charge on any atom is 0.322 e. The first kappa shape index (κ1) is 31.7. The van der Waals surface area contributed by atoms with Gasteiger partial charge in [-0.25, -0.2) is 4.39 Å². The van der Waals surface area contributed by atoms with Crippen molar-refractivity contribution in [1.82, 2.24) is 10.6 Å². The predicted octanol–water partition coefficient (Wildman–Crippen LogP) is 5.20. The van der Waals surface area contributed by atoms with E-state index in [0.717, 1.165) is 0 Å². The number of fused-ring (bicyclic) bond motifs is 2. The summed E-state index contributed by atoms with van der Waals surface area (Å²) in [6.45, 7) is 7.78. The van der Waals surface area contributed by atoms with Crippen molar-refractivity contribution in [3.63, 3.8) is 0 Å². The Hall–Kier alpha value is -2.72. The number of halogens is 3. The largest absolute Gasteiger partial charge is 0.461 e. The number of amides is 2. The molecule has 5 N–H and O–H groups in total. The van der Waals surface area contributed by atoms with Crippen molar-refractivity contribution in [2.45, 2.75) is 101 Å². The van der Waals surface area contributed by atoms with Gasteiger partial charge in [0.05, 0.1) is 11.1 Å². The van der Waals surface area contributed by atoms with Gasteiger partial charge in [-0.1, -0.05) is 62.2 Å². The van der Waals surface area contributed by atoms with Crippen molar-refractivity contribution in [2.24, 2.45) is 11.1 Å². The lowest BCUT2D eigenvalue weighted by Gasteiger charge is -2.38. The van der Waals surface area contributed by atoms with Gasteiger partial charge in [0.25, 0.3) is 0 Å². The van der Waals surface area contributed by atoms with Crippen LogP contribution in [0.15, 0.2) is 36.4 Å². The van der Waals surface area contributed by atoms with Crippen molar-refractivity contribution >= 4 is 46.7 Å². The SMILES string of the molecule is C[C@@H](N)C(=O)O[C@H]1CC[C@H](NC(=O)[C@@H]2N[C@H](CC(C)(C)C)[C@]3(C(=O)Nc4cc(Cl)ccc43)[C@H]2c2cccc(Cl)c2F)CC1. The molecule has 2 aromatic carbocycles. The van der Waals surface area contributed by atoms with Crippen LogP contribution in [0.5, 0.6) is 0 Å². The molecule has 8 nitrogen and oxygen atoms in total. The molecule has 232 valence electrons. The van der Waals surface area contributed by atoms with E-state index >= 15 is 4.39 Å². The zero-order chi connectivity index (χ0) is 31.3. The van der Waals surface area contributed by atoms with Crippen LogP contribution in [-0.2, 0) is 24.5 Å². The summed E-state index contributed by atoms with van der Waals surface area (Å²) in [5.74, 6) is -2.66. The van der Waals surface area contributed by atoms with Gasteiger partial charge in [0.2, 0.25) is 11.8 Å². The minimum atomic E-state index is -1.31. The number of hydrogen-bond donors (Lipinski definition) is 4. The highest BCUT2D eigenvalue weighted by atomic mass is 35.5. The number of anilines is 1. The first-order valence-corrected chi connectivity index (χ1v) is 15.6. The van der Waals surface area contributed by atoms with Crippen LogP contribution in [0.2, 0.25) is 10.0 Å². The molecule has 11 heteroatoms. The van der Waals surface area contributed by atoms with Gasteiger partial charge in [-0.3, -0.25) is 14.4 Å². The van der Waals surface area contributed by atoms with Gasteiger partial charge in [-0.15, -0.1) is 0 Å². The quantitative estimate of drug-likeness (QED) is 0.325. The molecule has 2 aromatic rings. The van der Waals surface area contributed by atoms with Crippen LogP contribution < -0.4 is 21.7 Å². The van der Waals surface area contributed by atoms with Gasteiger partial charge < -0.3 is 26.4 Å². The molecular weight excluding hydrogens is 594 g/mol. The third-order valence-electron chi connectivity index (χ3n) is 8.90. The van der Waals surface area contributed by atoms with Crippen molar-refractivity contribution in [2.75, 3.05) is 5.32 Å². The summed E-state index contributed by atoms with van der Waals surface area (Å²) in [5, 5.41) is 10.0. The molecule has 1 spiro atoms. The first-order chi connectivity index (χ1) is 20.2. The van der Waals surface area contributed by atoms with Crippen LogP contribution in [0.4, 0.5) is 10.1 Å². The van der Waals surface area contributed by atoms with E-state index in [2.05, 4.69) is 36.7 Å². The highest BCUT2D eigenvalue weighted by molar-refractivity contribution is 6.31. The highest BCUT2D eigenvalue weighted by Gasteiger charge is 2.66. The molecule has 5 rings (SSSR count). The maximum absolute atomic E-state index is 15.9. The second-order valence-corrected chi connectivity index (χ2v) is 14.1. The smallest absolute Gasteiger partial charge is 0.322 e. The Balaban J connectivity index is 1.52. The number of benzene rings is 2. The standard InChI is InChI=1S/C32H39Cl2FN4O4/c1-16(36)29(41)43-19-11-9-18(10-12-19)37-28(40)27-25(20-6-5-7-22(34)26(20)35)32(24(39-27)15-31(2,3)4)21-13-8-17(33)14-23(21)38-30(32)42/h5-8,13-14,16,18-19,24-25,27,39H,9-12,15,36H2,1-4H3,(H,37,40)(H,38,42)/t16-,18-,19-,24-,25+,27-,32+/m1/s1. The fraction of sp³-hybridized carbons (Fsp3) is 0.531. The summed E-state index contributed by atoms with van der Waals surface area (Å²) in [6.07, 6.45) is 2.64. The maximum atomic E-state index is 15.9. The number of nitrogens with one attached hydrogen (secondary N) is 3. The normalized spacial score (nSPS) is 29.2. The van der Waals surface area contributed by atoms with E-state index in [1.165, 1.54) is 6.07 Å². The number of hydrogen-bond acceptors (Lipinski definition) is 6. The second-order valence-electron chi connectivity index (χ2n) is 13.3. The topological polar surface area (TPSA) is 123 Å². The van der Waals surface area contributed by atoms with Gasteiger partial charge >= 0.3 is 5.97 Å². The summed E-state index contributed by atoms with van der Waals surface area (Å²) in [7, 11) is 0. The lowest BCUT2D eigenvalue weighted by atomic mass is 9.62. The molecule has 5 atom stereocenters. The molecule has 0 unspecified atom stereocenters. The van der Waals surface area contributed by atoms with Crippen LogP contribution in [0.1, 0.15) is 76.8 Å². The summed E-state index contributed by atoms with van der Waals surface area (Å²) in [4.78, 5) is 40.4. The van der Waals surface area contributed by atoms with Crippen LogP contribution in [0, 0.1) is 11.2 Å². The van der Waals surface area contributed by atoms with E-state index in [1.54, 1.807) is 37.3 Å². The Bertz CT molecular complexity index is 1420. The molecule has 1 saturated carbocycles. The second kappa shape index (κ2) is 12.0. The molecule has 2 heterocycles. The lowest BCUT2D eigenvalue weighted by Crippen LogP contribution is -2.50. The average Bonchev–Trinajstić information content (AvgIpc) is 3.40. The van der Waals surface area contributed by atoms with Gasteiger partial charge in [0, 0.05) is 28.7 Å². The van der Waals surface area contributed by atoms with Crippen LogP contribution in [-0.4, -0.2) is 48.1 Å². The fourth-order valence-corrected chi connectivity index (χ4v) is 7.39. The molecule has 2 aliphatic heterocycles. The Labute approximate surface area is 261 Å². The van der Waals surface area contributed by atoms with Crippen molar-refractivity contribution in [1.29, 1.82) is 0 Å². The van der Waals surface area contributed by atoms with Gasteiger partial charge in [-0.05, 0) is 73.8 Å². The van der Waals surface area contributed by atoms with E-state index in [0.29, 0.717) is 48.4 Å². The molecule has 0 bridgehead atoms. The fourth-order valence-electron chi connectivity index (χ4n) is 7.04. The summed E-state index contributed by atoms with van der Waals surface area (Å²) in [5.41, 5.74) is 5.49. The molecule has 43 heavy (non-hydrogen) atoms. The van der Waals surface area contributed by atoms with Gasteiger partial charge in [-0.2, -0.15) is 0 Å². The lowest BCUT2D eigenvalue weighted by molar-refractivity contribution is -0.152. The Morgan fingerprint density at radius 3 is 2.51 bits per heavy atom. The molecule has 2 amide bonds. The Kier molecular flexibility index (Phi) is 8.84. The average molecular weight is 634 g/mol. The zero-order valence-corrected chi connectivity index (χ0v) is 26.3. The molecule has 1 aliphatic carbocycles. The highest BCUT2D eigenvalue weighted by Crippen LogP contribution is 2.57. The monoisotopic (exact) mass is 632 g/mol. The van der Waals surface area contributed by atoms with Gasteiger partial charge in [0.1, 0.15) is 23.4 Å². The van der Waals surface area contributed by atoms with E-state index in [4.69, 9.17) is 33.7 Å². The van der Waals surface area contributed by atoms with Crippen molar-refractivity contribution in [3.05, 3.63) is 63.4 Å². The Morgan fingerprint density at radius 2 is 1.86 bits per heavy atom. The van der Waals surface area contributed by atoms with Crippen molar-refractivity contribution < 1.29 is 23.5 Å². The molecule has 2 fully saturated rings. The summed E-state index contributed by atoms with van der Waals surface area (Å²) >= 11 is 12.6. The van der Waals surface area contributed by atoms with Crippen LogP contribution in [0.3, 0.4) is 0 Å². The number of carbonyl (C=O) groups is 3. The molecule has 0 radical (unpaired) electrons. The first-order valence-electron chi connectivity index (χ1n) is 14.8. The zero-order valence-electron chi connectivity index (χ0n) is 24.8. The van der Waals surface area contributed by atoms with Crippen LogP contribution >= 0.6 is 23.2 Å². The third-order valence-corrected chi connectivity index (χ3v) is 9.42.